The Hall–Kier alpha value is -6.84. The molecule has 0 atom stereocenters. The first kappa shape index (κ1) is 33.7. The van der Waals surface area contributed by atoms with Crippen LogP contribution >= 0.6 is 0 Å². The molecular formula is C53H41N3. The summed E-state index contributed by atoms with van der Waals surface area (Å²) in [5.41, 5.74) is 15.2. The molecule has 0 saturated heterocycles. The molecule has 10 aromatic rings. The Balaban J connectivity index is 0.00000189. The zero-order valence-electron chi connectivity index (χ0n) is 32.1. The monoisotopic (exact) mass is 719 g/mol. The first-order chi connectivity index (χ1) is 27.5. The maximum absolute atomic E-state index is 5.41. The van der Waals surface area contributed by atoms with E-state index in [1.165, 1.54) is 54.9 Å². The van der Waals surface area contributed by atoms with Crippen LogP contribution in [0.5, 0.6) is 0 Å². The Morgan fingerprint density at radius 3 is 1.96 bits per heavy atom. The third-order valence-electron chi connectivity index (χ3n) is 11.6. The van der Waals surface area contributed by atoms with E-state index in [9.17, 15) is 0 Å². The van der Waals surface area contributed by atoms with E-state index in [1.807, 2.05) is 13.8 Å². The molecule has 11 rings (SSSR count). The van der Waals surface area contributed by atoms with Gasteiger partial charge in [-0.2, -0.15) is 0 Å². The average molecular weight is 720 g/mol. The van der Waals surface area contributed by atoms with Crippen molar-refractivity contribution in [3.8, 4) is 50.6 Å². The molecule has 0 N–H and O–H groups in total. The van der Waals surface area contributed by atoms with E-state index in [0.717, 1.165) is 44.3 Å². The van der Waals surface area contributed by atoms with Gasteiger partial charge in [0.1, 0.15) is 0 Å². The van der Waals surface area contributed by atoms with Crippen molar-refractivity contribution in [1.82, 2.24) is 14.5 Å². The summed E-state index contributed by atoms with van der Waals surface area (Å²) in [5.74, 6) is 0.659. The Morgan fingerprint density at radius 2 is 1.09 bits per heavy atom. The number of hydrogen-bond acceptors (Lipinski definition) is 2. The van der Waals surface area contributed by atoms with Gasteiger partial charge in [0.25, 0.3) is 0 Å². The maximum atomic E-state index is 5.41. The van der Waals surface area contributed by atoms with E-state index in [0.29, 0.717) is 5.95 Å². The van der Waals surface area contributed by atoms with Gasteiger partial charge < -0.3 is 0 Å². The molecule has 8 aromatic carbocycles. The number of aromatic nitrogens is 3. The highest BCUT2D eigenvalue weighted by Crippen LogP contribution is 2.50. The number of rotatable bonds is 4. The summed E-state index contributed by atoms with van der Waals surface area (Å²) in [6, 6.07) is 63.5. The predicted molar refractivity (Wildman–Crippen MR) is 237 cm³/mol. The van der Waals surface area contributed by atoms with Gasteiger partial charge in [-0.25, -0.2) is 9.97 Å². The molecular weight excluding hydrogens is 679 g/mol. The van der Waals surface area contributed by atoms with Crippen molar-refractivity contribution in [2.24, 2.45) is 0 Å². The van der Waals surface area contributed by atoms with Gasteiger partial charge in [-0.3, -0.25) is 4.57 Å². The Labute approximate surface area is 327 Å². The summed E-state index contributed by atoms with van der Waals surface area (Å²) >= 11 is 0. The summed E-state index contributed by atoms with van der Waals surface area (Å²) in [6.07, 6.45) is 0. The summed E-state index contributed by atoms with van der Waals surface area (Å²) in [7, 11) is 0. The van der Waals surface area contributed by atoms with E-state index < -0.39 is 0 Å². The van der Waals surface area contributed by atoms with Crippen LogP contribution in [0, 0.1) is 0 Å². The molecule has 1 aliphatic carbocycles. The van der Waals surface area contributed by atoms with Crippen molar-refractivity contribution in [3.05, 3.63) is 187 Å². The van der Waals surface area contributed by atoms with Crippen molar-refractivity contribution in [2.45, 2.75) is 33.1 Å². The van der Waals surface area contributed by atoms with Gasteiger partial charge in [0.05, 0.1) is 22.2 Å². The minimum absolute atomic E-state index is 0.0231. The zero-order valence-corrected chi connectivity index (χ0v) is 32.1. The first-order valence-corrected chi connectivity index (χ1v) is 19.7. The van der Waals surface area contributed by atoms with Gasteiger partial charge in [0.15, 0.2) is 0 Å². The molecule has 0 fully saturated rings. The summed E-state index contributed by atoms with van der Waals surface area (Å²) in [4.78, 5) is 10.7. The number of nitrogens with zero attached hydrogens (tertiary/aromatic N) is 3. The van der Waals surface area contributed by atoms with Crippen LogP contribution < -0.4 is 0 Å². The van der Waals surface area contributed by atoms with Crippen molar-refractivity contribution < 1.29 is 0 Å². The minimum atomic E-state index is -0.0231. The molecule has 56 heavy (non-hydrogen) atoms. The second-order valence-electron chi connectivity index (χ2n) is 15.0. The second-order valence-corrected chi connectivity index (χ2v) is 15.0. The molecule has 2 heterocycles. The molecule has 2 aromatic heterocycles. The molecule has 0 aliphatic heterocycles. The summed E-state index contributed by atoms with van der Waals surface area (Å²) in [5, 5.41) is 5.85. The van der Waals surface area contributed by atoms with Crippen molar-refractivity contribution >= 4 is 43.5 Å². The Bertz CT molecular complexity index is 3130. The summed E-state index contributed by atoms with van der Waals surface area (Å²) < 4.78 is 2.30. The summed E-state index contributed by atoms with van der Waals surface area (Å²) in [6.45, 7) is 8.67. The quantitative estimate of drug-likeness (QED) is 0.181. The van der Waals surface area contributed by atoms with Gasteiger partial charge in [-0.1, -0.05) is 179 Å². The molecule has 0 radical (unpaired) electrons. The fourth-order valence-corrected chi connectivity index (χ4v) is 9.02. The van der Waals surface area contributed by atoms with E-state index in [4.69, 9.17) is 9.97 Å². The van der Waals surface area contributed by atoms with E-state index >= 15 is 0 Å². The second kappa shape index (κ2) is 13.2. The highest BCUT2D eigenvalue weighted by molar-refractivity contribution is 6.23. The van der Waals surface area contributed by atoms with Crippen LogP contribution in [0.2, 0.25) is 0 Å². The van der Waals surface area contributed by atoms with Crippen LogP contribution in [-0.2, 0) is 5.41 Å². The molecule has 3 heteroatoms. The van der Waals surface area contributed by atoms with Gasteiger partial charge in [0, 0.05) is 32.7 Å². The van der Waals surface area contributed by atoms with Gasteiger partial charge >= 0.3 is 0 Å². The average Bonchev–Trinajstić information content (AvgIpc) is 3.73. The smallest absolute Gasteiger partial charge is 0.235 e. The van der Waals surface area contributed by atoms with Gasteiger partial charge in [-0.15, -0.1) is 0 Å². The zero-order chi connectivity index (χ0) is 38.0. The largest absolute Gasteiger partial charge is 0.277 e. The molecule has 1 aliphatic rings. The highest BCUT2D eigenvalue weighted by atomic mass is 15.2. The lowest BCUT2D eigenvalue weighted by molar-refractivity contribution is 0.660. The molecule has 0 amide bonds. The van der Waals surface area contributed by atoms with Crippen LogP contribution in [0.1, 0.15) is 38.8 Å². The maximum Gasteiger partial charge on any atom is 0.235 e. The van der Waals surface area contributed by atoms with E-state index in [2.05, 4.69) is 194 Å². The predicted octanol–water partition coefficient (Wildman–Crippen LogP) is 14.2. The third-order valence-corrected chi connectivity index (χ3v) is 11.6. The van der Waals surface area contributed by atoms with Crippen molar-refractivity contribution in [1.29, 1.82) is 0 Å². The standard InChI is InChI=1S/C51H35N3.C2H6/c1-51(2)43-24-10-8-20-39(43)42-31-35(26-28-44(42)51)34-17-12-18-36(30-34)38-22-13-23-41-47-37-19-7-6-14-32(37)27-29-46(47)54(49(38)41)50-52-45-25-11-9-21-40(45)48(53-50)33-15-4-3-5-16-33;1-2/h3-31H,1-2H3;1-2H3. The number of para-hydroxylation sites is 2. The van der Waals surface area contributed by atoms with Crippen LogP contribution in [0.25, 0.3) is 94.1 Å². The van der Waals surface area contributed by atoms with Crippen LogP contribution in [-0.4, -0.2) is 14.5 Å². The normalized spacial score (nSPS) is 12.8. The topological polar surface area (TPSA) is 30.7 Å². The Kier molecular flexibility index (Phi) is 7.93. The van der Waals surface area contributed by atoms with Gasteiger partial charge in [0.2, 0.25) is 5.95 Å². The highest BCUT2D eigenvalue weighted by Gasteiger charge is 2.35. The molecule has 0 spiro atoms. The Morgan fingerprint density at radius 1 is 0.446 bits per heavy atom. The third kappa shape index (κ3) is 5.12. The molecule has 0 bridgehead atoms. The number of fused-ring (bicyclic) bond motifs is 9. The lowest BCUT2D eigenvalue weighted by Gasteiger charge is -2.21. The minimum Gasteiger partial charge on any atom is -0.277 e. The molecule has 3 nitrogen and oxygen atoms in total. The fourth-order valence-electron chi connectivity index (χ4n) is 9.02. The van der Waals surface area contributed by atoms with Gasteiger partial charge in [-0.05, 0) is 74.0 Å². The van der Waals surface area contributed by atoms with Crippen LogP contribution in [0.4, 0.5) is 0 Å². The van der Waals surface area contributed by atoms with Crippen LogP contribution in [0.15, 0.2) is 176 Å². The number of benzene rings is 8. The first-order valence-electron chi connectivity index (χ1n) is 19.7. The lowest BCUT2D eigenvalue weighted by Crippen LogP contribution is -2.14. The molecule has 0 unspecified atom stereocenters. The van der Waals surface area contributed by atoms with Crippen LogP contribution in [0.3, 0.4) is 0 Å². The lowest BCUT2D eigenvalue weighted by atomic mass is 9.82. The van der Waals surface area contributed by atoms with E-state index in [-0.39, 0.29) is 5.41 Å². The molecule has 268 valence electrons. The SMILES string of the molecule is CC.CC1(C)c2ccccc2-c2cc(-c3cccc(-c4cccc5c6c7ccccc7ccc6n(-c6nc(-c7ccccc7)c7ccccc7n6)c45)c3)ccc21. The molecule has 0 saturated carbocycles. The fraction of sp³-hybridized carbons (Fsp3) is 0.0943. The van der Waals surface area contributed by atoms with E-state index in [1.54, 1.807) is 0 Å². The van der Waals surface area contributed by atoms with Crippen molar-refractivity contribution in [3.63, 3.8) is 0 Å². The number of hydrogen-bond donors (Lipinski definition) is 0. The van der Waals surface area contributed by atoms with Crippen molar-refractivity contribution in [2.75, 3.05) is 0 Å².